The number of hydrogen-bond donors (Lipinski definition) is 2. The maximum absolute atomic E-state index is 12.0. The number of hydrogen-bond acceptors (Lipinski definition) is 5. The quantitative estimate of drug-likeness (QED) is 0.846. The van der Waals surface area contributed by atoms with E-state index in [2.05, 4.69) is 10.1 Å². The number of benzene rings is 1. The molecule has 2 aromatic rings. The van der Waals surface area contributed by atoms with E-state index in [1.807, 2.05) is 17.5 Å². The van der Waals surface area contributed by atoms with Crippen LogP contribution in [0, 0.1) is 0 Å². The van der Waals surface area contributed by atoms with Crippen LogP contribution in [0.15, 0.2) is 41.8 Å². The first kappa shape index (κ1) is 14.2. The fraction of sp³-hybridized carbons (Fsp3) is 0.143. The summed E-state index contributed by atoms with van der Waals surface area (Å²) in [6.07, 6.45) is 0. The molecule has 1 atom stereocenters. The first-order chi connectivity index (χ1) is 9.61. The van der Waals surface area contributed by atoms with Crippen LogP contribution in [-0.2, 0) is 9.53 Å². The molecule has 1 unspecified atom stereocenters. The molecule has 0 saturated heterocycles. The minimum atomic E-state index is -0.699. The third-order valence-electron chi connectivity index (χ3n) is 2.71. The Morgan fingerprint density at radius 3 is 2.50 bits per heavy atom. The van der Waals surface area contributed by atoms with Crippen molar-refractivity contribution < 1.29 is 14.3 Å². The molecule has 0 radical (unpaired) electrons. The highest BCUT2D eigenvalue weighted by molar-refractivity contribution is 7.10. The molecule has 0 aliphatic carbocycles. The number of rotatable bonds is 4. The molecule has 1 aromatic carbocycles. The molecule has 0 aliphatic heterocycles. The largest absolute Gasteiger partial charge is 0.465 e. The highest BCUT2D eigenvalue weighted by atomic mass is 32.1. The van der Waals surface area contributed by atoms with Crippen molar-refractivity contribution in [3.63, 3.8) is 0 Å². The highest BCUT2D eigenvalue weighted by Gasteiger charge is 2.16. The van der Waals surface area contributed by atoms with Gasteiger partial charge in [-0.1, -0.05) is 6.07 Å². The van der Waals surface area contributed by atoms with Gasteiger partial charge in [0.05, 0.1) is 12.7 Å². The molecule has 104 valence electrons. The second-order valence-electron chi connectivity index (χ2n) is 4.05. The zero-order valence-electron chi connectivity index (χ0n) is 10.8. The first-order valence-electron chi connectivity index (χ1n) is 5.90. The van der Waals surface area contributed by atoms with Crippen LogP contribution in [0.4, 0.5) is 5.69 Å². The van der Waals surface area contributed by atoms with Crippen molar-refractivity contribution in [2.45, 2.75) is 6.04 Å². The van der Waals surface area contributed by atoms with E-state index in [1.54, 1.807) is 24.3 Å². The number of carbonyl (C=O) groups excluding carboxylic acids is 2. The van der Waals surface area contributed by atoms with Gasteiger partial charge in [-0.25, -0.2) is 4.79 Å². The number of amides is 1. The Labute approximate surface area is 120 Å². The van der Waals surface area contributed by atoms with E-state index in [0.717, 1.165) is 4.88 Å². The molecule has 0 saturated carbocycles. The second-order valence-corrected chi connectivity index (χ2v) is 5.03. The maximum Gasteiger partial charge on any atom is 0.337 e. The number of methoxy groups -OCH3 is 1. The van der Waals surface area contributed by atoms with Gasteiger partial charge in [-0.15, -0.1) is 11.3 Å². The monoisotopic (exact) mass is 290 g/mol. The van der Waals surface area contributed by atoms with Gasteiger partial charge in [0.1, 0.15) is 6.04 Å². The molecule has 1 amide bonds. The lowest BCUT2D eigenvalue weighted by molar-refractivity contribution is -0.117. The van der Waals surface area contributed by atoms with Crippen molar-refractivity contribution in [3.8, 4) is 0 Å². The smallest absolute Gasteiger partial charge is 0.337 e. The topological polar surface area (TPSA) is 81.4 Å². The molecule has 2 rings (SSSR count). The summed E-state index contributed by atoms with van der Waals surface area (Å²) in [6.45, 7) is 0. The highest BCUT2D eigenvalue weighted by Crippen LogP contribution is 2.19. The van der Waals surface area contributed by atoms with Crippen LogP contribution in [-0.4, -0.2) is 19.0 Å². The number of nitrogens with one attached hydrogen (secondary N) is 1. The zero-order valence-corrected chi connectivity index (χ0v) is 11.6. The molecule has 0 bridgehead atoms. The summed E-state index contributed by atoms with van der Waals surface area (Å²) in [5.74, 6) is -0.712. The predicted molar refractivity (Wildman–Crippen MR) is 77.7 cm³/mol. The number of anilines is 1. The Kier molecular flexibility index (Phi) is 4.49. The van der Waals surface area contributed by atoms with Crippen molar-refractivity contribution in [2.75, 3.05) is 12.4 Å². The van der Waals surface area contributed by atoms with Crippen molar-refractivity contribution >= 4 is 28.9 Å². The average Bonchev–Trinajstić information content (AvgIpc) is 3.00. The Balaban J connectivity index is 2.03. The fourth-order valence-corrected chi connectivity index (χ4v) is 2.35. The minimum absolute atomic E-state index is 0.293. The maximum atomic E-state index is 12.0. The van der Waals surface area contributed by atoms with Crippen LogP contribution in [0.2, 0.25) is 0 Å². The van der Waals surface area contributed by atoms with E-state index in [0.29, 0.717) is 11.3 Å². The van der Waals surface area contributed by atoms with Crippen molar-refractivity contribution in [1.82, 2.24) is 0 Å². The number of thiophene rings is 1. The van der Waals surface area contributed by atoms with Gasteiger partial charge < -0.3 is 15.8 Å². The van der Waals surface area contributed by atoms with Gasteiger partial charge >= 0.3 is 5.97 Å². The summed E-state index contributed by atoms with van der Waals surface area (Å²) < 4.78 is 4.60. The molecular weight excluding hydrogens is 276 g/mol. The van der Waals surface area contributed by atoms with Gasteiger partial charge in [-0.05, 0) is 35.7 Å². The Morgan fingerprint density at radius 1 is 1.25 bits per heavy atom. The summed E-state index contributed by atoms with van der Waals surface area (Å²) in [5, 5.41) is 4.57. The van der Waals surface area contributed by atoms with Crippen LogP contribution in [0.5, 0.6) is 0 Å². The molecule has 0 fully saturated rings. The SMILES string of the molecule is COC(=O)c1ccc(NC(=O)C(N)c2cccs2)cc1. The Hall–Kier alpha value is -2.18. The molecule has 1 aromatic heterocycles. The molecule has 1 heterocycles. The van der Waals surface area contributed by atoms with Gasteiger partial charge in [0.15, 0.2) is 0 Å². The molecule has 6 heteroatoms. The lowest BCUT2D eigenvalue weighted by Crippen LogP contribution is -2.26. The summed E-state index contributed by atoms with van der Waals surface area (Å²) >= 11 is 1.43. The molecule has 0 aliphatic rings. The molecule has 0 spiro atoms. The third kappa shape index (κ3) is 3.23. The fourth-order valence-electron chi connectivity index (χ4n) is 1.62. The molecule has 3 N–H and O–H groups in total. The Morgan fingerprint density at radius 2 is 1.95 bits per heavy atom. The lowest BCUT2D eigenvalue weighted by atomic mass is 10.2. The second kappa shape index (κ2) is 6.31. The van der Waals surface area contributed by atoms with Crippen LogP contribution in [0.25, 0.3) is 0 Å². The van der Waals surface area contributed by atoms with Gasteiger partial charge in [0, 0.05) is 10.6 Å². The van der Waals surface area contributed by atoms with Gasteiger partial charge in [-0.2, -0.15) is 0 Å². The van der Waals surface area contributed by atoms with Gasteiger partial charge in [0.25, 0.3) is 0 Å². The molecule has 20 heavy (non-hydrogen) atoms. The summed E-state index contributed by atoms with van der Waals surface area (Å²) in [5.41, 5.74) is 6.86. The van der Waals surface area contributed by atoms with Crippen LogP contribution < -0.4 is 11.1 Å². The molecular formula is C14H14N2O3S. The summed E-state index contributed by atoms with van der Waals surface area (Å²) in [4.78, 5) is 24.0. The number of nitrogens with two attached hydrogens (primary N) is 1. The van der Waals surface area contributed by atoms with Crippen molar-refractivity contribution in [1.29, 1.82) is 0 Å². The molecule has 5 nitrogen and oxygen atoms in total. The van der Waals surface area contributed by atoms with Crippen LogP contribution >= 0.6 is 11.3 Å². The van der Waals surface area contributed by atoms with Gasteiger partial charge in [0.2, 0.25) is 5.91 Å². The van der Waals surface area contributed by atoms with E-state index in [-0.39, 0.29) is 5.91 Å². The van der Waals surface area contributed by atoms with Crippen LogP contribution in [0.3, 0.4) is 0 Å². The van der Waals surface area contributed by atoms with Crippen molar-refractivity contribution in [2.24, 2.45) is 5.73 Å². The van der Waals surface area contributed by atoms with E-state index in [1.165, 1.54) is 18.4 Å². The third-order valence-corrected chi connectivity index (χ3v) is 3.66. The standard InChI is InChI=1S/C14H14N2O3S/c1-19-14(18)9-4-6-10(7-5-9)16-13(17)12(15)11-3-2-8-20-11/h2-8,12H,15H2,1H3,(H,16,17). The predicted octanol–water partition coefficient (Wildman–Crippen LogP) is 2.17. The zero-order chi connectivity index (χ0) is 14.5. The van der Waals surface area contributed by atoms with Crippen molar-refractivity contribution in [3.05, 3.63) is 52.2 Å². The summed E-state index contributed by atoms with van der Waals surface area (Å²) in [6, 6.07) is 9.38. The van der Waals surface area contributed by atoms with E-state index in [9.17, 15) is 9.59 Å². The number of carbonyl (C=O) groups is 2. The summed E-state index contributed by atoms with van der Waals surface area (Å²) in [7, 11) is 1.32. The first-order valence-corrected chi connectivity index (χ1v) is 6.78. The average molecular weight is 290 g/mol. The number of ether oxygens (including phenoxy) is 1. The van der Waals surface area contributed by atoms with E-state index >= 15 is 0 Å². The normalized spacial score (nSPS) is 11.7. The van der Waals surface area contributed by atoms with Gasteiger partial charge in [-0.3, -0.25) is 4.79 Å². The minimum Gasteiger partial charge on any atom is -0.465 e. The van der Waals surface area contributed by atoms with E-state index in [4.69, 9.17) is 5.73 Å². The van der Waals surface area contributed by atoms with Crippen LogP contribution in [0.1, 0.15) is 21.3 Å². The lowest BCUT2D eigenvalue weighted by Gasteiger charge is -2.11. The Bertz CT molecular complexity index is 593. The number of esters is 1. The van der Waals surface area contributed by atoms with E-state index < -0.39 is 12.0 Å².